The first-order valence-corrected chi connectivity index (χ1v) is 6.83. The molecule has 0 bridgehead atoms. The number of hydrogen-bond donors (Lipinski definition) is 3. The van der Waals surface area contributed by atoms with Gasteiger partial charge in [-0.05, 0) is 16.3 Å². The van der Waals surface area contributed by atoms with E-state index in [2.05, 4.69) is 10.2 Å². The van der Waals surface area contributed by atoms with E-state index in [1.165, 1.54) is 0 Å². The molecule has 1 heterocycles. The summed E-state index contributed by atoms with van der Waals surface area (Å²) in [6, 6.07) is 6.60. The van der Waals surface area contributed by atoms with Crippen LogP contribution in [0.1, 0.15) is 12.8 Å². The number of hydrogen-bond acceptors (Lipinski definition) is 6. The van der Waals surface area contributed by atoms with Gasteiger partial charge in [0.25, 0.3) is 0 Å². The summed E-state index contributed by atoms with van der Waals surface area (Å²) in [4.78, 5) is 19.3. The highest BCUT2D eigenvalue weighted by Crippen LogP contribution is 2.07. The predicted octanol–water partition coefficient (Wildman–Crippen LogP) is 0.0180. The van der Waals surface area contributed by atoms with Gasteiger partial charge in [0.1, 0.15) is 11.0 Å². The highest BCUT2D eigenvalue weighted by molar-refractivity contribution is 7.84. The van der Waals surface area contributed by atoms with Crippen molar-refractivity contribution in [2.75, 3.05) is 0 Å². The molecule has 0 aliphatic heterocycles. The maximum atomic E-state index is 10.6. The van der Waals surface area contributed by atoms with Gasteiger partial charge in [-0.1, -0.05) is 12.1 Å². The zero-order chi connectivity index (χ0) is 16.0. The number of carboxylic acids is 2. The van der Waals surface area contributed by atoms with E-state index in [0.717, 1.165) is 0 Å². The van der Waals surface area contributed by atoms with Crippen molar-refractivity contribution in [3.63, 3.8) is 0 Å². The first-order chi connectivity index (χ1) is 9.70. The fraction of sp³-hybridized carbons (Fsp3) is 0.200. The predicted molar refractivity (Wildman–Crippen MR) is 69.0 cm³/mol. The monoisotopic (exact) mass is 317 g/mol. The zero-order valence-corrected chi connectivity index (χ0v) is 11.3. The molecule has 2 rings (SSSR count). The molecule has 114 valence electrons. The van der Waals surface area contributed by atoms with Crippen molar-refractivity contribution < 1.29 is 32.8 Å². The Balaban J connectivity index is 0.000000240. The highest BCUT2D eigenvalue weighted by Gasteiger charge is 2.11. The Hall–Kier alpha value is -2.53. The van der Waals surface area contributed by atoms with Crippen LogP contribution in [0.5, 0.6) is 0 Å². The van der Waals surface area contributed by atoms with Crippen molar-refractivity contribution in [1.29, 1.82) is 0 Å². The largest absolute Gasteiger partial charge is 0.481 e. The molecule has 1 aromatic heterocycles. The van der Waals surface area contributed by atoms with Crippen molar-refractivity contribution >= 4 is 33.3 Å². The summed E-state index contributed by atoms with van der Waals surface area (Å²) in [5.74, 6) is -2.15. The minimum absolute atomic E-state index is 0.289. The molecule has 0 aliphatic rings. The summed E-state index contributed by atoms with van der Waals surface area (Å²) in [6.07, 6.45) is -0.593. The van der Waals surface area contributed by atoms with Crippen LogP contribution in [-0.2, 0) is 19.9 Å². The second-order valence-electron chi connectivity index (χ2n) is 3.68. The van der Waals surface area contributed by atoms with Gasteiger partial charge in [0, 0.05) is 0 Å². The van der Waals surface area contributed by atoms with Crippen LogP contribution in [0.15, 0.2) is 24.3 Å². The summed E-state index contributed by atoms with van der Waals surface area (Å²) in [5.41, 5.74) is 0.834. The van der Waals surface area contributed by atoms with Gasteiger partial charge >= 0.3 is 22.2 Å². The van der Waals surface area contributed by atoms with Gasteiger partial charge in [-0.2, -0.15) is 8.42 Å². The van der Waals surface area contributed by atoms with Gasteiger partial charge in [0.15, 0.2) is 0 Å². The molecule has 0 spiro atoms. The number of aliphatic carboxylic acids is 2. The molecule has 0 aliphatic carbocycles. The Morgan fingerprint density at radius 3 is 1.67 bits per heavy atom. The quantitative estimate of drug-likeness (QED) is 0.660. The maximum Gasteiger partial charge on any atom is 0.395 e. The molecule has 0 atom stereocenters. The molecule has 0 unspecified atom stereocenters. The van der Waals surface area contributed by atoms with Crippen LogP contribution >= 0.6 is 0 Å². The Bertz CT molecular complexity index is 706. The van der Waals surface area contributed by atoms with Crippen LogP contribution in [0.4, 0.5) is 0 Å². The zero-order valence-electron chi connectivity index (χ0n) is 10.4. The second-order valence-corrected chi connectivity index (χ2v) is 4.90. The number of nitrogens with zero attached hydrogens (tertiary/aromatic N) is 3. The fourth-order valence-electron chi connectivity index (χ4n) is 1.16. The van der Waals surface area contributed by atoms with E-state index in [4.69, 9.17) is 14.8 Å². The summed E-state index contributed by atoms with van der Waals surface area (Å²) in [6.45, 7) is 0. The third kappa shape index (κ3) is 5.54. The third-order valence-electron chi connectivity index (χ3n) is 2.03. The Morgan fingerprint density at radius 2 is 1.38 bits per heavy atom. The summed E-state index contributed by atoms with van der Waals surface area (Å²) >= 11 is 0. The van der Waals surface area contributed by atoms with E-state index in [-0.39, 0.29) is 17.0 Å². The van der Waals surface area contributed by atoms with Crippen LogP contribution in [0.2, 0.25) is 0 Å². The molecule has 0 amide bonds. The van der Waals surface area contributed by atoms with E-state index < -0.39 is 22.2 Å². The van der Waals surface area contributed by atoms with Crippen LogP contribution in [0, 0.1) is 0 Å². The number of carbonyl (C=O) groups is 2. The number of carboxylic acid groups (broad SMARTS) is 2. The van der Waals surface area contributed by atoms with E-state index in [0.29, 0.717) is 11.0 Å². The van der Waals surface area contributed by atoms with Crippen LogP contribution in [-0.4, -0.2) is 49.5 Å². The number of rotatable bonds is 4. The summed E-state index contributed by atoms with van der Waals surface area (Å²) in [7, 11) is -4.37. The molecule has 0 radical (unpaired) electrons. The molecule has 0 saturated carbocycles. The molecule has 0 fully saturated rings. The fourth-order valence-corrected chi connectivity index (χ4v) is 1.54. The lowest BCUT2D eigenvalue weighted by atomic mass is 10.3. The van der Waals surface area contributed by atoms with Gasteiger partial charge in [0.05, 0.1) is 12.8 Å². The van der Waals surface area contributed by atoms with Crippen LogP contribution < -0.4 is 0 Å². The average Bonchev–Trinajstić information content (AvgIpc) is 2.81. The molecule has 3 N–H and O–H groups in total. The SMILES string of the molecule is O=C(O)CCC(=O)O.O=S(=O)(O)n1nc2ccccc2n1. The van der Waals surface area contributed by atoms with E-state index in [1.807, 2.05) is 0 Å². The first kappa shape index (κ1) is 16.5. The molecule has 10 nitrogen and oxygen atoms in total. The van der Waals surface area contributed by atoms with Gasteiger partial charge in [-0.15, -0.1) is 10.2 Å². The lowest BCUT2D eigenvalue weighted by Crippen LogP contribution is -2.13. The molecular formula is C10H11N3O7S. The van der Waals surface area contributed by atoms with Gasteiger partial charge in [-0.25, -0.2) is 0 Å². The van der Waals surface area contributed by atoms with Crippen LogP contribution in [0.3, 0.4) is 0 Å². The molecule has 11 heteroatoms. The van der Waals surface area contributed by atoms with E-state index >= 15 is 0 Å². The highest BCUT2D eigenvalue weighted by atomic mass is 32.2. The normalized spacial score (nSPS) is 10.7. The summed E-state index contributed by atoms with van der Waals surface area (Å²) < 4.78 is 30.1. The molecule has 2 aromatic rings. The van der Waals surface area contributed by atoms with Gasteiger partial charge in [0.2, 0.25) is 0 Å². The van der Waals surface area contributed by atoms with Crippen molar-refractivity contribution in [3.8, 4) is 0 Å². The van der Waals surface area contributed by atoms with Gasteiger partial charge in [-0.3, -0.25) is 14.1 Å². The van der Waals surface area contributed by atoms with Crippen molar-refractivity contribution in [3.05, 3.63) is 24.3 Å². The second kappa shape index (κ2) is 6.76. The van der Waals surface area contributed by atoms with E-state index in [1.54, 1.807) is 24.3 Å². The molecular weight excluding hydrogens is 306 g/mol. The molecule has 21 heavy (non-hydrogen) atoms. The summed E-state index contributed by atoms with van der Waals surface area (Å²) in [5, 5.41) is 22.9. The number of aromatic nitrogens is 3. The number of fused-ring (bicyclic) bond motifs is 1. The smallest absolute Gasteiger partial charge is 0.395 e. The molecule has 0 saturated heterocycles. The molecule has 1 aromatic carbocycles. The van der Waals surface area contributed by atoms with Crippen LogP contribution in [0.25, 0.3) is 11.0 Å². The number of benzene rings is 1. The van der Waals surface area contributed by atoms with Crippen molar-refractivity contribution in [2.24, 2.45) is 0 Å². The Kier molecular flexibility index (Phi) is 5.32. The lowest BCUT2D eigenvalue weighted by Gasteiger charge is -1.88. The minimum Gasteiger partial charge on any atom is -0.481 e. The average molecular weight is 317 g/mol. The Labute approximate surface area is 118 Å². The standard InChI is InChI=1S/C6H5N3O3S.C4H6O4/c10-13(11,12)9-7-5-3-1-2-4-6(5)8-9;5-3(6)1-2-4(7)8/h1-4H,(H,10,11,12);1-2H2,(H,5,6)(H,7,8). The third-order valence-corrected chi connectivity index (χ3v) is 2.60. The first-order valence-electron chi connectivity index (χ1n) is 5.44. The topological polar surface area (TPSA) is 160 Å². The Morgan fingerprint density at radius 1 is 1.00 bits per heavy atom. The maximum absolute atomic E-state index is 10.6. The van der Waals surface area contributed by atoms with Gasteiger partial charge < -0.3 is 10.2 Å². The lowest BCUT2D eigenvalue weighted by molar-refractivity contribution is -0.143. The minimum atomic E-state index is -4.37. The van der Waals surface area contributed by atoms with Crippen molar-refractivity contribution in [1.82, 2.24) is 14.4 Å². The van der Waals surface area contributed by atoms with Crippen molar-refractivity contribution in [2.45, 2.75) is 12.8 Å². The van der Waals surface area contributed by atoms with E-state index in [9.17, 15) is 18.0 Å².